The van der Waals surface area contributed by atoms with Gasteiger partial charge in [0.15, 0.2) is 0 Å². The molecular weight excluding hydrogens is 582 g/mol. The summed E-state index contributed by atoms with van der Waals surface area (Å²) in [5.74, 6) is -1.61. The fourth-order valence-corrected chi connectivity index (χ4v) is 5.24. The van der Waals surface area contributed by atoms with Crippen LogP contribution in [0.3, 0.4) is 0 Å². The molecule has 4 aromatic heterocycles. The SMILES string of the molecule is O=C(O)c1ccc2nc(Cc3cc(F)c(-c4cccc(OCc5ccn(-c6ccncc6)n5)n4)cc3F)n(C[C@@H]3CCO3)c2c1. The Balaban J connectivity index is 1.11. The van der Waals surface area contributed by atoms with Gasteiger partial charge >= 0.3 is 5.97 Å². The molecule has 0 bridgehead atoms. The minimum absolute atomic E-state index is 0.00441. The average Bonchev–Trinajstić information content (AvgIpc) is 3.64. The number of imidazole rings is 1. The van der Waals surface area contributed by atoms with Gasteiger partial charge in [-0.15, -0.1) is 0 Å². The summed E-state index contributed by atoms with van der Waals surface area (Å²) in [6.45, 7) is 1.20. The van der Waals surface area contributed by atoms with Gasteiger partial charge in [0.2, 0.25) is 5.88 Å². The minimum atomic E-state index is -1.06. The lowest BCUT2D eigenvalue weighted by Gasteiger charge is -2.27. The Labute approximate surface area is 255 Å². The van der Waals surface area contributed by atoms with Crippen molar-refractivity contribution in [3.63, 3.8) is 0 Å². The maximum Gasteiger partial charge on any atom is 0.335 e. The number of fused-ring (bicyclic) bond motifs is 1. The molecule has 1 fully saturated rings. The highest BCUT2D eigenvalue weighted by molar-refractivity contribution is 5.92. The Morgan fingerprint density at radius 3 is 2.64 bits per heavy atom. The number of carbonyl (C=O) groups is 1. The molecule has 226 valence electrons. The number of nitrogens with zero attached hydrogens (tertiary/aromatic N) is 6. The second-order valence-corrected chi connectivity index (χ2v) is 10.6. The molecule has 0 radical (unpaired) electrons. The van der Waals surface area contributed by atoms with Gasteiger partial charge in [-0.25, -0.2) is 28.2 Å². The number of carboxylic acid groups (broad SMARTS) is 1. The summed E-state index contributed by atoms with van der Waals surface area (Å²) < 4.78 is 46.0. The van der Waals surface area contributed by atoms with Crippen molar-refractivity contribution in [1.29, 1.82) is 0 Å². The quantitative estimate of drug-likeness (QED) is 0.213. The molecule has 1 aliphatic heterocycles. The van der Waals surface area contributed by atoms with E-state index in [0.717, 1.165) is 24.2 Å². The van der Waals surface area contributed by atoms with Crippen LogP contribution in [0.1, 0.15) is 33.9 Å². The Morgan fingerprint density at radius 1 is 1.02 bits per heavy atom. The van der Waals surface area contributed by atoms with Crippen molar-refractivity contribution < 1.29 is 28.2 Å². The highest BCUT2D eigenvalue weighted by Crippen LogP contribution is 2.29. The Kier molecular flexibility index (Phi) is 7.47. The average molecular weight is 609 g/mol. The van der Waals surface area contributed by atoms with E-state index in [0.29, 0.717) is 35.7 Å². The summed E-state index contributed by atoms with van der Waals surface area (Å²) >= 11 is 0. The first-order chi connectivity index (χ1) is 21.9. The smallest absolute Gasteiger partial charge is 0.335 e. The summed E-state index contributed by atoms with van der Waals surface area (Å²) in [6.07, 6.45) is 5.95. The van der Waals surface area contributed by atoms with Crippen LogP contribution in [0.4, 0.5) is 8.78 Å². The van der Waals surface area contributed by atoms with Crippen LogP contribution in [-0.4, -0.2) is 53.1 Å². The number of aromatic carboxylic acids is 1. The van der Waals surface area contributed by atoms with Gasteiger partial charge < -0.3 is 19.1 Å². The first kappa shape index (κ1) is 28.3. The minimum Gasteiger partial charge on any atom is -0.478 e. The molecule has 0 amide bonds. The maximum atomic E-state index is 15.5. The molecule has 12 heteroatoms. The van der Waals surface area contributed by atoms with Gasteiger partial charge in [0.05, 0.1) is 40.6 Å². The number of rotatable bonds is 10. The molecule has 2 aromatic carbocycles. The molecule has 6 aromatic rings. The lowest BCUT2D eigenvalue weighted by Crippen LogP contribution is -2.31. The third-order valence-electron chi connectivity index (χ3n) is 7.68. The first-order valence-corrected chi connectivity index (χ1v) is 14.3. The third kappa shape index (κ3) is 5.87. The van der Waals surface area contributed by atoms with Crippen LogP contribution in [0.25, 0.3) is 28.0 Å². The normalized spacial score (nSPS) is 14.4. The predicted molar refractivity (Wildman–Crippen MR) is 159 cm³/mol. The second kappa shape index (κ2) is 11.9. The van der Waals surface area contributed by atoms with Crippen molar-refractivity contribution in [2.75, 3.05) is 6.61 Å². The van der Waals surface area contributed by atoms with Gasteiger partial charge in [-0.3, -0.25) is 4.98 Å². The predicted octanol–water partition coefficient (Wildman–Crippen LogP) is 5.61. The summed E-state index contributed by atoms with van der Waals surface area (Å²) in [6, 6.07) is 17.3. The van der Waals surface area contributed by atoms with Crippen molar-refractivity contribution in [3.05, 3.63) is 120 Å². The van der Waals surface area contributed by atoms with E-state index in [1.54, 1.807) is 53.6 Å². The molecule has 0 spiro atoms. The zero-order valence-electron chi connectivity index (χ0n) is 23.8. The number of hydrogen-bond donors (Lipinski definition) is 1. The molecule has 0 unspecified atom stereocenters. The fourth-order valence-electron chi connectivity index (χ4n) is 5.24. The van der Waals surface area contributed by atoms with E-state index >= 15 is 8.78 Å². The van der Waals surface area contributed by atoms with E-state index in [1.807, 2.05) is 22.8 Å². The van der Waals surface area contributed by atoms with Crippen LogP contribution in [0.15, 0.2) is 85.3 Å². The third-order valence-corrected chi connectivity index (χ3v) is 7.68. The Morgan fingerprint density at radius 2 is 1.87 bits per heavy atom. The van der Waals surface area contributed by atoms with Gasteiger partial charge in [0.25, 0.3) is 0 Å². The van der Waals surface area contributed by atoms with E-state index in [2.05, 4.69) is 20.1 Å². The number of benzene rings is 2. The summed E-state index contributed by atoms with van der Waals surface area (Å²) in [5, 5.41) is 14.0. The van der Waals surface area contributed by atoms with Crippen LogP contribution in [0, 0.1) is 11.6 Å². The van der Waals surface area contributed by atoms with Crippen molar-refractivity contribution in [2.24, 2.45) is 0 Å². The molecule has 1 atom stereocenters. The van der Waals surface area contributed by atoms with Crippen LogP contribution in [0.2, 0.25) is 0 Å². The van der Waals surface area contributed by atoms with Gasteiger partial charge in [-0.05, 0) is 66.6 Å². The standard InChI is InChI=1S/C33H26F2N6O4/c34-26-17-25(28-2-1-3-32(38-28)45-19-22-8-12-41(39-22)23-6-10-36-11-7-23)27(35)14-21(26)16-31-37-29-5-4-20(33(42)43)15-30(29)40(31)18-24-9-13-44-24/h1-8,10-12,14-15,17,24H,9,13,16,18-19H2,(H,42,43)/t24-/m0/s1. The first-order valence-electron chi connectivity index (χ1n) is 14.3. The zero-order valence-corrected chi connectivity index (χ0v) is 23.8. The van der Waals surface area contributed by atoms with E-state index < -0.39 is 17.6 Å². The molecule has 5 heterocycles. The van der Waals surface area contributed by atoms with Crippen LogP contribution >= 0.6 is 0 Å². The Hall–Kier alpha value is -5.49. The molecule has 45 heavy (non-hydrogen) atoms. The van der Waals surface area contributed by atoms with Crippen LogP contribution in [0.5, 0.6) is 5.88 Å². The molecular formula is C33H26F2N6O4. The number of aromatic nitrogens is 6. The van der Waals surface area contributed by atoms with Gasteiger partial charge in [0.1, 0.15) is 29.8 Å². The zero-order chi connectivity index (χ0) is 30.9. The largest absolute Gasteiger partial charge is 0.478 e. The molecule has 1 aliphatic rings. The van der Waals surface area contributed by atoms with Crippen LogP contribution in [-0.2, 0) is 24.3 Å². The lowest BCUT2D eigenvalue weighted by molar-refractivity contribution is -0.0589. The topological polar surface area (TPSA) is 117 Å². The van der Waals surface area contributed by atoms with Crippen molar-refractivity contribution in [1.82, 2.24) is 29.3 Å². The van der Waals surface area contributed by atoms with Crippen molar-refractivity contribution in [2.45, 2.75) is 32.1 Å². The van der Waals surface area contributed by atoms with Gasteiger partial charge in [-0.2, -0.15) is 5.10 Å². The molecule has 7 rings (SSSR count). The molecule has 0 saturated carbocycles. The fraction of sp³-hybridized carbons (Fsp3) is 0.182. The molecule has 0 aliphatic carbocycles. The lowest BCUT2D eigenvalue weighted by atomic mass is 10.0. The number of hydrogen-bond acceptors (Lipinski definition) is 7. The van der Waals surface area contributed by atoms with E-state index in [9.17, 15) is 9.90 Å². The number of carboxylic acids is 1. The summed E-state index contributed by atoms with van der Waals surface area (Å²) in [4.78, 5) is 24.6. The number of ether oxygens (including phenoxy) is 2. The van der Waals surface area contributed by atoms with E-state index in [1.165, 1.54) is 6.07 Å². The van der Waals surface area contributed by atoms with Crippen LogP contribution < -0.4 is 4.74 Å². The second-order valence-electron chi connectivity index (χ2n) is 10.6. The highest BCUT2D eigenvalue weighted by Gasteiger charge is 2.24. The van der Waals surface area contributed by atoms with Gasteiger partial charge in [0, 0.05) is 43.2 Å². The molecule has 10 nitrogen and oxygen atoms in total. The Bertz CT molecular complexity index is 2020. The monoisotopic (exact) mass is 608 g/mol. The molecule has 1 saturated heterocycles. The van der Waals surface area contributed by atoms with E-state index in [4.69, 9.17) is 9.47 Å². The highest BCUT2D eigenvalue weighted by atomic mass is 19.1. The summed E-state index contributed by atoms with van der Waals surface area (Å²) in [5.41, 5.74) is 3.12. The number of halogens is 2. The molecule has 1 N–H and O–H groups in total. The van der Waals surface area contributed by atoms with Gasteiger partial charge in [-0.1, -0.05) is 6.07 Å². The maximum absolute atomic E-state index is 15.5. The number of pyridine rings is 2. The van der Waals surface area contributed by atoms with E-state index in [-0.39, 0.29) is 47.4 Å². The van der Waals surface area contributed by atoms with Crippen molar-refractivity contribution >= 4 is 17.0 Å². The van der Waals surface area contributed by atoms with Crippen molar-refractivity contribution in [3.8, 4) is 22.8 Å². The summed E-state index contributed by atoms with van der Waals surface area (Å²) in [7, 11) is 0.